The van der Waals surface area contributed by atoms with Crippen LogP contribution in [0.3, 0.4) is 0 Å². The van der Waals surface area contributed by atoms with E-state index in [1.807, 2.05) is 30.3 Å². The van der Waals surface area contributed by atoms with Crippen LogP contribution in [0.15, 0.2) is 81.7 Å². The van der Waals surface area contributed by atoms with Gasteiger partial charge in [0.05, 0.1) is 10.6 Å². The number of hydrogen-bond acceptors (Lipinski definition) is 6. The average molecular weight is 431 g/mol. The number of nitrogens with one attached hydrogen (secondary N) is 3. The third kappa shape index (κ3) is 6.28. The molecule has 0 fully saturated rings. The topological polar surface area (TPSA) is 121 Å². The maximum atomic E-state index is 12.4. The molecule has 8 nitrogen and oxygen atoms in total. The normalized spacial score (nSPS) is 11.2. The summed E-state index contributed by atoms with van der Waals surface area (Å²) in [6.07, 6.45) is 1.37. The van der Waals surface area contributed by atoms with Gasteiger partial charge in [-0.2, -0.15) is 0 Å². The van der Waals surface area contributed by atoms with Crippen molar-refractivity contribution in [2.24, 2.45) is 0 Å². The molecule has 0 saturated heterocycles. The van der Waals surface area contributed by atoms with Crippen LogP contribution in [0.1, 0.15) is 5.56 Å². The van der Waals surface area contributed by atoms with Crippen molar-refractivity contribution in [1.29, 1.82) is 0 Å². The molecule has 0 aliphatic carbocycles. The molecule has 10 heteroatoms. The Hall–Kier alpha value is -2.95. The van der Waals surface area contributed by atoms with Crippen LogP contribution < -0.4 is 15.6 Å². The van der Waals surface area contributed by atoms with E-state index in [2.05, 4.69) is 20.0 Å². The minimum atomic E-state index is -3.66. The van der Waals surface area contributed by atoms with Gasteiger partial charge in [-0.15, -0.1) is 0 Å². The van der Waals surface area contributed by atoms with Crippen molar-refractivity contribution < 1.29 is 13.2 Å². The summed E-state index contributed by atoms with van der Waals surface area (Å²) in [5, 5.41) is 3.01. The number of aromatic nitrogens is 2. The molecule has 0 saturated carbocycles. The second-order valence-corrected chi connectivity index (χ2v) is 8.64. The molecule has 0 aliphatic heterocycles. The van der Waals surface area contributed by atoms with Crippen molar-refractivity contribution in [3.63, 3.8) is 0 Å². The highest BCUT2D eigenvalue weighted by Gasteiger charge is 2.14. The van der Waals surface area contributed by atoms with Crippen molar-refractivity contribution in [1.82, 2.24) is 14.7 Å². The number of nitrogens with zero attached hydrogens (tertiary/aromatic N) is 1. The molecule has 3 aromatic rings. The maximum absolute atomic E-state index is 12.4. The van der Waals surface area contributed by atoms with Crippen molar-refractivity contribution in [2.75, 3.05) is 11.1 Å². The Bertz CT molecular complexity index is 1130. The molecule has 3 N–H and O–H groups in total. The number of hydrogen-bond donors (Lipinski definition) is 3. The molecule has 0 unspecified atom stereocenters. The molecule has 1 amide bonds. The Labute approximate surface area is 171 Å². The van der Waals surface area contributed by atoms with E-state index in [1.165, 1.54) is 36.5 Å². The van der Waals surface area contributed by atoms with Gasteiger partial charge >= 0.3 is 0 Å². The number of aromatic amines is 1. The second kappa shape index (κ2) is 9.50. The number of amides is 1. The van der Waals surface area contributed by atoms with E-state index in [1.54, 1.807) is 0 Å². The highest BCUT2D eigenvalue weighted by molar-refractivity contribution is 7.99. The van der Waals surface area contributed by atoms with Crippen molar-refractivity contribution in [3.05, 3.63) is 82.8 Å². The van der Waals surface area contributed by atoms with Crippen molar-refractivity contribution in [2.45, 2.75) is 16.6 Å². The molecule has 2 aromatic carbocycles. The highest BCUT2D eigenvalue weighted by Crippen LogP contribution is 2.16. The molecule has 0 radical (unpaired) electrons. The van der Waals surface area contributed by atoms with E-state index in [0.717, 1.165) is 17.3 Å². The van der Waals surface area contributed by atoms with Crippen LogP contribution in [0, 0.1) is 0 Å². The standard InChI is InChI=1S/C19H18N4O4S2/c24-17-10-11-20-19(23-17)28-13-18(25)22-15-6-8-16(9-7-15)29(26,27)21-12-14-4-2-1-3-5-14/h1-11,21H,12-13H2,(H,22,25)(H,20,23,24). The number of carbonyl (C=O) groups excluding carboxylic acids is 1. The lowest BCUT2D eigenvalue weighted by Gasteiger charge is -2.09. The molecule has 0 atom stereocenters. The SMILES string of the molecule is O=C(CSc1nccc(=O)[nH]1)Nc1ccc(S(=O)(=O)NCc2ccccc2)cc1. The van der Waals surface area contributed by atoms with E-state index in [9.17, 15) is 18.0 Å². The number of thioether (sulfide) groups is 1. The van der Waals surface area contributed by atoms with E-state index in [-0.39, 0.29) is 28.7 Å². The minimum absolute atomic E-state index is 0.0473. The number of rotatable bonds is 8. The van der Waals surface area contributed by atoms with Gasteiger partial charge in [-0.25, -0.2) is 18.1 Å². The van der Waals surface area contributed by atoms with Crippen LogP contribution in [0.5, 0.6) is 0 Å². The fourth-order valence-electron chi connectivity index (χ4n) is 2.33. The first kappa shape index (κ1) is 20.8. The quantitative estimate of drug-likeness (QED) is 0.371. The zero-order valence-corrected chi connectivity index (χ0v) is 16.8. The largest absolute Gasteiger partial charge is 0.325 e. The molecule has 0 bridgehead atoms. The molecular weight excluding hydrogens is 412 g/mol. The number of sulfonamides is 1. The minimum Gasteiger partial charge on any atom is -0.325 e. The van der Waals surface area contributed by atoms with E-state index in [4.69, 9.17) is 0 Å². The monoisotopic (exact) mass is 430 g/mol. The zero-order valence-electron chi connectivity index (χ0n) is 15.2. The van der Waals surface area contributed by atoms with Crippen LogP contribution in [0.25, 0.3) is 0 Å². The average Bonchev–Trinajstić information content (AvgIpc) is 2.72. The fraction of sp³-hybridized carbons (Fsp3) is 0.105. The predicted molar refractivity (Wildman–Crippen MR) is 111 cm³/mol. The molecule has 1 heterocycles. The van der Waals surface area contributed by atoms with Crippen LogP contribution in [0.4, 0.5) is 5.69 Å². The number of anilines is 1. The Morgan fingerprint density at radius 2 is 1.76 bits per heavy atom. The molecule has 29 heavy (non-hydrogen) atoms. The Morgan fingerprint density at radius 1 is 1.03 bits per heavy atom. The van der Waals surface area contributed by atoms with Gasteiger partial charge in [0.2, 0.25) is 15.9 Å². The lowest BCUT2D eigenvalue weighted by Crippen LogP contribution is -2.23. The lowest BCUT2D eigenvalue weighted by molar-refractivity contribution is -0.113. The molecule has 0 spiro atoms. The Balaban J connectivity index is 1.54. The zero-order chi connectivity index (χ0) is 20.7. The summed E-state index contributed by atoms with van der Waals surface area (Å²) in [6, 6.07) is 16.4. The molecule has 1 aromatic heterocycles. The first-order valence-electron chi connectivity index (χ1n) is 8.54. The summed E-state index contributed by atoms with van der Waals surface area (Å²) >= 11 is 1.09. The van der Waals surface area contributed by atoms with Gasteiger partial charge in [-0.1, -0.05) is 42.1 Å². The molecule has 3 rings (SSSR count). The van der Waals surface area contributed by atoms with Gasteiger partial charge in [-0.3, -0.25) is 9.59 Å². The first-order chi connectivity index (χ1) is 13.9. The van der Waals surface area contributed by atoms with Crippen LogP contribution >= 0.6 is 11.8 Å². The fourth-order valence-corrected chi connectivity index (χ4v) is 4.00. The van der Waals surface area contributed by atoms with Gasteiger partial charge in [0.1, 0.15) is 0 Å². The summed E-state index contributed by atoms with van der Waals surface area (Å²) in [5.41, 5.74) is 1.03. The molecular formula is C19H18N4O4S2. The van der Waals surface area contributed by atoms with Crippen LogP contribution in [0.2, 0.25) is 0 Å². The Kier molecular flexibility index (Phi) is 6.81. The van der Waals surface area contributed by atoms with Gasteiger partial charge in [-0.05, 0) is 29.8 Å². The molecule has 150 valence electrons. The summed E-state index contributed by atoms with van der Waals surface area (Å²) in [4.78, 5) is 29.8. The van der Waals surface area contributed by atoms with E-state index >= 15 is 0 Å². The highest BCUT2D eigenvalue weighted by atomic mass is 32.2. The second-order valence-electron chi connectivity index (χ2n) is 5.91. The first-order valence-corrected chi connectivity index (χ1v) is 11.0. The summed E-state index contributed by atoms with van der Waals surface area (Å²) in [5.74, 6) is -0.259. The number of H-pyrrole nitrogens is 1. The van der Waals surface area contributed by atoms with E-state index < -0.39 is 10.0 Å². The lowest BCUT2D eigenvalue weighted by atomic mass is 10.2. The third-order valence-corrected chi connectivity index (χ3v) is 6.05. The van der Waals surface area contributed by atoms with Gasteiger partial charge in [0, 0.05) is 24.5 Å². The van der Waals surface area contributed by atoms with E-state index in [0.29, 0.717) is 10.8 Å². The van der Waals surface area contributed by atoms with Gasteiger partial charge < -0.3 is 10.3 Å². The third-order valence-electron chi connectivity index (χ3n) is 3.75. The molecule has 0 aliphatic rings. The summed E-state index contributed by atoms with van der Waals surface area (Å²) < 4.78 is 27.3. The summed E-state index contributed by atoms with van der Waals surface area (Å²) in [7, 11) is -3.66. The predicted octanol–water partition coefficient (Wildman–Crippen LogP) is 1.98. The maximum Gasteiger partial charge on any atom is 0.251 e. The number of benzene rings is 2. The Morgan fingerprint density at radius 3 is 2.45 bits per heavy atom. The van der Waals surface area contributed by atoms with Gasteiger partial charge in [0.25, 0.3) is 5.56 Å². The van der Waals surface area contributed by atoms with Crippen LogP contribution in [-0.4, -0.2) is 30.0 Å². The number of carbonyl (C=O) groups is 1. The van der Waals surface area contributed by atoms with Crippen molar-refractivity contribution in [3.8, 4) is 0 Å². The van der Waals surface area contributed by atoms with Gasteiger partial charge in [0.15, 0.2) is 5.16 Å². The summed E-state index contributed by atoms with van der Waals surface area (Å²) in [6.45, 7) is 0.189. The van der Waals surface area contributed by atoms with Crippen LogP contribution in [-0.2, 0) is 21.4 Å². The van der Waals surface area contributed by atoms with Crippen molar-refractivity contribution >= 4 is 33.4 Å². The smallest absolute Gasteiger partial charge is 0.251 e.